The van der Waals surface area contributed by atoms with Crippen LogP contribution in [0.3, 0.4) is 0 Å². The molecular weight excluding hydrogens is 362 g/mol. The van der Waals surface area contributed by atoms with Crippen LogP contribution in [-0.4, -0.2) is 54.7 Å². The number of hydrogen-bond acceptors (Lipinski definition) is 4. The zero-order valence-electron chi connectivity index (χ0n) is 17.4. The minimum atomic E-state index is 0.0198. The largest absolute Gasteiger partial charge is 0.362 e. The molecule has 1 N–H and O–H groups in total. The molecule has 154 valence electrons. The first-order valence-electron chi connectivity index (χ1n) is 10.6. The van der Waals surface area contributed by atoms with E-state index in [2.05, 4.69) is 40.0 Å². The summed E-state index contributed by atoms with van der Waals surface area (Å²) in [5.41, 5.74) is 3.10. The van der Waals surface area contributed by atoms with Gasteiger partial charge in [0.15, 0.2) is 0 Å². The Balaban J connectivity index is 1.43. The number of likely N-dealkylation sites (tertiary alicyclic amines) is 1. The second-order valence-electron chi connectivity index (χ2n) is 8.47. The lowest BCUT2D eigenvalue weighted by Gasteiger charge is -2.38. The summed E-state index contributed by atoms with van der Waals surface area (Å²) in [6.07, 6.45) is 2.86. The van der Waals surface area contributed by atoms with E-state index >= 15 is 0 Å². The van der Waals surface area contributed by atoms with Gasteiger partial charge < -0.3 is 15.1 Å². The van der Waals surface area contributed by atoms with E-state index in [0.29, 0.717) is 12.5 Å². The molecule has 2 aromatic rings. The highest BCUT2D eigenvalue weighted by Gasteiger charge is 2.30. The first-order valence-corrected chi connectivity index (χ1v) is 10.6. The Morgan fingerprint density at radius 1 is 1.10 bits per heavy atom. The molecule has 0 aliphatic carbocycles. The summed E-state index contributed by atoms with van der Waals surface area (Å²) in [5, 5.41) is 3.27. The maximum absolute atomic E-state index is 13.1. The van der Waals surface area contributed by atoms with Crippen LogP contribution >= 0.6 is 0 Å². The number of hydrogen-bond donors (Lipinski definition) is 1. The molecule has 2 aliphatic rings. The number of nitrogens with zero attached hydrogens (tertiary/aromatic N) is 4. The lowest BCUT2D eigenvalue weighted by atomic mass is 10.1. The van der Waals surface area contributed by atoms with Crippen LogP contribution in [0.15, 0.2) is 48.7 Å². The minimum absolute atomic E-state index is 0.0198. The van der Waals surface area contributed by atoms with E-state index < -0.39 is 0 Å². The summed E-state index contributed by atoms with van der Waals surface area (Å²) in [6, 6.07) is 14.4. The Hall–Kier alpha value is -2.60. The maximum Gasteiger partial charge on any atom is 0.322 e. The Morgan fingerprint density at radius 3 is 2.66 bits per heavy atom. The first-order chi connectivity index (χ1) is 14.1. The number of carbonyl (C=O) groups is 1. The van der Waals surface area contributed by atoms with Crippen molar-refractivity contribution in [1.29, 1.82) is 0 Å². The Morgan fingerprint density at radius 2 is 1.90 bits per heavy atom. The third-order valence-electron chi connectivity index (χ3n) is 5.65. The summed E-state index contributed by atoms with van der Waals surface area (Å²) >= 11 is 0. The van der Waals surface area contributed by atoms with Gasteiger partial charge in [0.1, 0.15) is 0 Å². The fraction of sp³-hybridized carbons (Fsp3) is 0.478. The number of urea groups is 1. The monoisotopic (exact) mass is 393 g/mol. The van der Waals surface area contributed by atoms with Crippen LogP contribution in [0.2, 0.25) is 0 Å². The fourth-order valence-corrected chi connectivity index (χ4v) is 4.37. The lowest BCUT2D eigenvalue weighted by molar-refractivity contribution is 0.240. The van der Waals surface area contributed by atoms with Crippen LogP contribution in [-0.2, 0) is 6.54 Å². The van der Waals surface area contributed by atoms with Crippen molar-refractivity contribution in [2.24, 2.45) is 5.92 Å². The predicted octanol–water partition coefficient (Wildman–Crippen LogP) is 3.35. The van der Waals surface area contributed by atoms with Crippen LogP contribution in [0.25, 0.3) is 0 Å². The Bertz CT molecular complexity index is 825. The molecule has 1 fully saturated rings. The number of carbonyl (C=O) groups excluding carboxylic acids is 1. The number of fused-ring (bicyclic) bond motifs is 1. The molecule has 1 aromatic heterocycles. The average Bonchev–Trinajstić information content (AvgIpc) is 3.15. The second-order valence-corrected chi connectivity index (χ2v) is 8.47. The molecule has 0 spiro atoms. The van der Waals surface area contributed by atoms with E-state index in [1.807, 2.05) is 47.5 Å². The normalized spacial score (nSPS) is 19.5. The predicted molar refractivity (Wildman–Crippen MR) is 117 cm³/mol. The molecular formula is C23H31N5O. The van der Waals surface area contributed by atoms with Crippen molar-refractivity contribution >= 4 is 17.4 Å². The number of anilines is 2. The van der Waals surface area contributed by atoms with Gasteiger partial charge in [0, 0.05) is 45.0 Å². The molecule has 1 aromatic carbocycles. The minimum Gasteiger partial charge on any atom is -0.362 e. The zero-order valence-corrected chi connectivity index (χ0v) is 17.4. The Kier molecular flexibility index (Phi) is 6.00. The standard InChI is InChI=1S/C23H31N5O/c1-18(2)15-26-12-10-20(16-26)25-23(29)28-14-13-27(17-19-7-5-6-11-24-19)21-8-3-4-9-22(21)28/h3-9,11,18,20H,10,12-17H2,1-2H3,(H,25,29)/t20-/m0/s1. The van der Waals surface area contributed by atoms with Gasteiger partial charge in [0.05, 0.1) is 23.6 Å². The van der Waals surface area contributed by atoms with Gasteiger partial charge in [-0.15, -0.1) is 0 Å². The van der Waals surface area contributed by atoms with E-state index in [1.165, 1.54) is 0 Å². The summed E-state index contributed by atoms with van der Waals surface area (Å²) < 4.78 is 0. The topological polar surface area (TPSA) is 51.7 Å². The van der Waals surface area contributed by atoms with Gasteiger partial charge in [-0.25, -0.2) is 4.79 Å². The van der Waals surface area contributed by atoms with Crippen molar-refractivity contribution in [3.05, 3.63) is 54.4 Å². The van der Waals surface area contributed by atoms with Crippen LogP contribution in [0.1, 0.15) is 26.0 Å². The fourth-order valence-electron chi connectivity index (χ4n) is 4.37. The van der Waals surface area contributed by atoms with Gasteiger partial charge in [0.2, 0.25) is 0 Å². The third kappa shape index (κ3) is 4.70. The quantitative estimate of drug-likeness (QED) is 0.846. The van der Waals surface area contributed by atoms with Gasteiger partial charge in [-0.3, -0.25) is 9.88 Å². The van der Waals surface area contributed by atoms with E-state index in [9.17, 15) is 4.79 Å². The van der Waals surface area contributed by atoms with Crippen LogP contribution in [0, 0.1) is 5.92 Å². The van der Waals surface area contributed by atoms with Crippen molar-refractivity contribution in [2.45, 2.75) is 32.9 Å². The molecule has 1 saturated heterocycles. The number of para-hydroxylation sites is 2. The summed E-state index contributed by atoms with van der Waals surface area (Å²) in [4.78, 5) is 24.2. The van der Waals surface area contributed by atoms with E-state index in [4.69, 9.17) is 0 Å². The summed E-state index contributed by atoms with van der Waals surface area (Å²) in [6.45, 7) is 9.83. The smallest absolute Gasteiger partial charge is 0.322 e. The van der Waals surface area contributed by atoms with E-state index in [1.54, 1.807) is 0 Å². The van der Waals surface area contributed by atoms with Crippen molar-refractivity contribution in [3.8, 4) is 0 Å². The number of nitrogens with one attached hydrogen (secondary N) is 1. The average molecular weight is 394 g/mol. The molecule has 2 aliphatic heterocycles. The van der Waals surface area contributed by atoms with Gasteiger partial charge in [0.25, 0.3) is 0 Å². The van der Waals surface area contributed by atoms with Gasteiger partial charge in [-0.1, -0.05) is 32.0 Å². The molecule has 6 heteroatoms. The molecule has 2 amide bonds. The number of pyridine rings is 1. The molecule has 0 unspecified atom stereocenters. The maximum atomic E-state index is 13.1. The number of aromatic nitrogens is 1. The van der Waals surface area contributed by atoms with Gasteiger partial charge in [-0.05, 0) is 36.6 Å². The molecule has 0 saturated carbocycles. The SMILES string of the molecule is CC(C)CN1CC[C@H](NC(=O)N2CCN(Cc3ccccn3)c3ccccc32)C1. The molecule has 0 radical (unpaired) electrons. The molecule has 6 nitrogen and oxygen atoms in total. The zero-order chi connectivity index (χ0) is 20.2. The van der Waals surface area contributed by atoms with Gasteiger partial charge >= 0.3 is 6.03 Å². The second kappa shape index (κ2) is 8.82. The van der Waals surface area contributed by atoms with E-state index in [0.717, 1.165) is 56.2 Å². The van der Waals surface area contributed by atoms with Crippen molar-refractivity contribution in [1.82, 2.24) is 15.2 Å². The van der Waals surface area contributed by atoms with Gasteiger partial charge in [-0.2, -0.15) is 0 Å². The number of amides is 2. The summed E-state index contributed by atoms with van der Waals surface area (Å²) in [7, 11) is 0. The molecule has 1 atom stereocenters. The highest BCUT2D eigenvalue weighted by Crippen LogP contribution is 2.33. The molecule has 4 rings (SSSR count). The number of rotatable bonds is 5. The van der Waals surface area contributed by atoms with Crippen LogP contribution < -0.4 is 15.1 Å². The molecule has 29 heavy (non-hydrogen) atoms. The van der Waals surface area contributed by atoms with Crippen LogP contribution in [0.4, 0.5) is 16.2 Å². The van der Waals surface area contributed by atoms with Crippen LogP contribution in [0.5, 0.6) is 0 Å². The highest BCUT2D eigenvalue weighted by molar-refractivity contribution is 5.97. The molecule has 0 bridgehead atoms. The first kappa shape index (κ1) is 19.7. The van der Waals surface area contributed by atoms with Crippen molar-refractivity contribution in [3.63, 3.8) is 0 Å². The summed E-state index contributed by atoms with van der Waals surface area (Å²) in [5.74, 6) is 0.656. The van der Waals surface area contributed by atoms with Crippen molar-refractivity contribution < 1.29 is 4.79 Å². The molecule has 3 heterocycles. The Labute approximate surface area is 173 Å². The highest BCUT2D eigenvalue weighted by atomic mass is 16.2. The lowest BCUT2D eigenvalue weighted by Crippen LogP contribution is -2.51. The van der Waals surface area contributed by atoms with E-state index in [-0.39, 0.29) is 12.1 Å². The van der Waals surface area contributed by atoms with Crippen molar-refractivity contribution in [2.75, 3.05) is 42.5 Å². The third-order valence-corrected chi connectivity index (χ3v) is 5.65. The number of benzene rings is 1.